The lowest BCUT2D eigenvalue weighted by molar-refractivity contribution is -0.688. The lowest BCUT2D eigenvalue weighted by Gasteiger charge is -2.19. The van der Waals surface area contributed by atoms with Gasteiger partial charge in [0, 0.05) is 29.5 Å². The second-order valence-electron chi connectivity index (χ2n) is 6.22. The summed E-state index contributed by atoms with van der Waals surface area (Å²) >= 11 is 0. The highest BCUT2D eigenvalue weighted by Crippen LogP contribution is 2.40. The first-order chi connectivity index (χ1) is 12.7. The van der Waals surface area contributed by atoms with Crippen molar-refractivity contribution in [1.82, 2.24) is 0 Å². The summed E-state index contributed by atoms with van der Waals surface area (Å²) in [7, 11) is 3.30. The van der Waals surface area contributed by atoms with E-state index in [0.717, 1.165) is 40.0 Å². The zero-order valence-electron chi connectivity index (χ0n) is 14.8. The van der Waals surface area contributed by atoms with Crippen molar-refractivity contribution in [2.75, 3.05) is 19.5 Å². The third-order valence-electron chi connectivity index (χ3n) is 4.74. The summed E-state index contributed by atoms with van der Waals surface area (Å²) in [4.78, 5) is 0. The molecule has 0 unspecified atom stereocenters. The first-order valence-electron chi connectivity index (χ1n) is 8.48. The summed E-state index contributed by atoms with van der Waals surface area (Å²) in [5.74, 6) is 1.54. The first-order valence-corrected chi connectivity index (χ1v) is 8.48. The van der Waals surface area contributed by atoms with E-state index in [2.05, 4.69) is 40.4 Å². The Hall–Kier alpha value is -3.05. The molecular weight excluding hydrogens is 328 g/mol. The lowest BCUT2D eigenvalue weighted by Crippen LogP contribution is -2.38. The molecule has 5 heteroatoms. The lowest BCUT2D eigenvalue weighted by atomic mass is 10.00. The van der Waals surface area contributed by atoms with Crippen LogP contribution in [0.25, 0.3) is 16.8 Å². The number of rotatable bonds is 5. The van der Waals surface area contributed by atoms with Gasteiger partial charge in [0.1, 0.15) is 11.5 Å². The number of aromatic nitrogens is 1. The Labute approximate surface area is 152 Å². The minimum atomic E-state index is -0.0619. The van der Waals surface area contributed by atoms with Gasteiger partial charge in [-0.25, -0.2) is 0 Å². The van der Waals surface area contributed by atoms with Gasteiger partial charge in [0.2, 0.25) is 5.69 Å². The molecule has 1 aliphatic heterocycles. The van der Waals surface area contributed by atoms with Gasteiger partial charge in [0.05, 0.1) is 31.9 Å². The molecule has 132 valence electrons. The molecule has 26 heavy (non-hydrogen) atoms. The fourth-order valence-electron chi connectivity index (χ4n) is 3.48. The average Bonchev–Trinajstić information content (AvgIpc) is 2.70. The Balaban J connectivity index is 1.84. The number of methoxy groups -OCH3 is 2. The van der Waals surface area contributed by atoms with Gasteiger partial charge in [-0.1, -0.05) is 0 Å². The van der Waals surface area contributed by atoms with Crippen LogP contribution in [0.5, 0.6) is 11.5 Å². The molecule has 2 aromatic carbocycles. The van der Waals surface area contributed by atoms with Crippen molar-refractivity contribution in [3.05, 3.63) is 65.6 Å². The summed E-state index contributed by atoms with van der Waals surface area (Å²) in [5.41, 5.74) is 3.97. The van der Waals surface area contributed by atoms with Crippen LogP contribution in [-0.2, 0) is 13.2 Å². The molecule has 0 fully saturated rings. The monoisotopic (exact) mass is 349 g/mol. The van der Waals surface area contributed by atoms with Crippen molar-refractivity contribution in [1.29, 1.82) is 0 Å². The molecule has 5 nitrogen and oxygen atoms in total. The van der Waals surface area contributed by atoms with Gasteiger partial charge in [-0.2, -0.15) is 4.57 Å². The van der Waals surface area contributed by atoms with Crippen LogP contribution in [0.1, 0.15) is 16.8 Å². The highest BCUT2D eigenvalue weighted by atomic mass is 16.5. The third-order valence-corrected chi connectivity index (χ3v) is 4.74. The molecule has 3 aromatic rings. The van der Waals surface area contributed by atoms with Crippen molar-refractivity contribution < 1.29 is 19.1 Å². The van der Waals surface area contributed by atoms with E-state index >= 15 is 0 Å². The van der Waals surface area contributed by atoms with Gasteiger partial charge < -0.3 is 19.9 Å². The van der Waals surface area contributed by atoms with E-state index in [4.69, 9.17) is 9.47 Å². The summed E-state index contributed by atoms with van der Waals surface area (Å²) in [5, 5.41) is 15.1. The highest BCUT2D eigenvalue weighted by molar-refractivity contribution is 6.03. The summed E-state index contributed by atoms with van der Waals surface area (Å²) < 4.78 is 13.0. The second kappa shape index (κ2) is 6.69. The zero-order chi connectivity index (χ0) is 18.1. The number of hydrogen-bond donors (Lipinski definition) is 2. The Kier molecular flexibility index (Phi) is 4.22. The Morgan fingerprint density at radius 3 is 2.58 bits per heavy atom. The second-order valence-corrected chi connectivity index (χ2v) is 6.22. The van der Waals surface area contributed by atoms with Crippen molar-refractivity contribution in [3.8, 4) is 11.5 Å². The maximum atomic E-state index is 9.67. The van der Waals surface area contributed by atoms with Crippen LogP contribution in [-0.4, -0.2) is 19.3 Å². The molecule has 1 aromatic heterocycles. The normalized spacial score (nSPS) is 12.1. The van der Waals surface area contributed by atoms with Crippen molar-refractivity contribution in [3.63, 3.8) is 0 Å². The predicted molar refractivity (Wildman–Crippen MR) is 101 cm³/mol. The van der Waals surface area contributed by atoms with Gasteiger partial charge in [0.25, 0.3) is 0 Å². The molecular formula is C21H21N2O3+. The molecule has 0 radical (unpaired) electrons. The minimum absolute atomic E-state index is 0.0619. The topological polar surface area (TPSA) is 54.6 Å². The van der Waals surface area contributed by atoms with Crippen LogP contribution < -0.4 is 19.4 Å². The number of anilines is 1. The van der Waals surface area contributed by atoms with E-state index in [1.165, 1.54) is 5.56 Å². The maximum absolute atomic E-state index is 9.67. The predicted octanol–water partition coefficient (Wildman–Crippen LogP) is 3.08. The van der Waals surface area contributed by atoms with Gasteiger partial charge in [0.15, 0.2) is 12.7 Å². The SMILES string of the molecule is COc1ccc(C[n+]2ccc3cc(CO)c(OC)c4c3c2C=CN4)cc1. The number of ether oxygens (including phenoxy) is 2. The van der Waals surface area contributed by atoms with Gasteiger partial charge in [-0.05, 0) is 35.7 Å². The number of hydrogen-bond acceptors (Lipinski definition) is 4. The Morgan fingerprint density at radius 2 is 1.88 bits per heavy atom. The van der Waals surface area contributed by atoms with Crippen LogP contribution in [0, 0.1) is 0 Å². The molecule has 0 atom stereocenters. The highest BCUT2D eigenvalue weighted by Gasteiger charge is 2.23. The van der Waals surface area contributed by atoms with Crippen molar-refractivity contribution >= 4 is 22.5 Å². The number of pyridine rings is 1. The molecule has 0 amide bonds. The summed E-state index contributed by atoms with van der Waals surface area (Å²) in [6, 6.07) is 12.2. The van der Waals surface area contributed by atoms with E-state index in [1.54, 1.807) is 14.2 Å². The fraction of sp³-hybridized carbons (Fsp3) is 0.190. The molecule has 2 N–H and O–H groups in total. The van der Waals surface area contributed by atoms with Crippen LogP contribution >= 0.6 is 0 Å². The molecule has 0 saturated carbocycles. The quantitative estimate of drug-likeness (QED) is 0.695. The Morgan fingerprint density at radius 1 is 1.08 bits per heavy atom. The Bertz CT molecular complexity index is 995. The van der Waals surface area contributed by atoms with E-state index < -0.39 is 0 Å². The van der Waals surface area contributed by atoms with E-state index in [1.807, 2.05) is 24.4 Å². The molecule has 0 spiro atoms. The number of aliphatic hydroxyl groups excluding tert-OH is 1. The standard InChI is InChI=1S/C21H20N2O3/c1-25-17-5-3-14(4-6-17)12-23-10-8-15-11-16(13-24)21(26-2)20-19(15)18(23)7-9-22-20/h3-11,24H,12-13H2,1-2H3/p+1. The smallest absolute Gasteiger partial charge is 0.217 e. The minimum Gasteiger partial charge on any atom is -0.497 e. The number of benzene rings is 2. The van der Waals surface area contributed by atoms with Crippen LogP contribution in [0.15, 0.2) is 48.8 Å². The van der Waals surface area contributed by atoms with Gasteiger partial charge in [-0.3, -0.25) is 0 Å². The zero-order valence-corrected chi connectivity index (χ0v) is 14.8. The van der Waals surface area contributed by atoms with Crippen molar-refractivity contribution in [2.24, 2.45) is 0 Å². The number of nitrogens with zero attached hydrogens (tertiary/aromatic N) is 1. The maximum Gasteiger partial charge on any atom is 0.217 e. The van der Waals surface area contributed by atoms with Crippen LogP contribution in [0.2, 0.25) is 0 Å². The van der Waals surface area contributed by atoms with E-state index in [-0.39, 0.29) is 6.61 Å². The average molecular weight is 349 g/mol. The number of aliphatic hydroxyl groups is 1. The summed E-state index contributed by atoms with van der Waals surface area (Å²) in [6.45, 7) is 0.691. The molecule has 1 aliphatic rings. The largest absolute Gasteiger partial charge is 0.497 e. The fourth-order valence-corrected chi connectivity index (χ4v) is 3.48. The number of nitrogens with one attached hydrogen (secondary N) is 1. The van der Waals surface area contributed by atoms with Crippen LogP contribution in [0.3, 0.4) is 0 Å². The molecule has 4 rings (SSSR count). The van der Waals surface area contributed by atoms with E-state index in [9.17, 15) is 5.11 Å². The van der Waals surface area contributed by atoms with E-state index in [0.29, 0.717) is 5.75 Å². The molecule has 0 saturated heterocycles. The molecule has 2 heterocycles. The summed E-state index contributed by atoms with van der Waals surface area (Å²) in [6.07, 6.45) is 6.05. The molecule has 0 aliphatic carbocycles. The van der Waals surface area contributed by atoms with Crippen LogP contribution in [0.4, 0.5) is 5.69 Å². The third kappa shape index (κ3) is 2.66. The van der Waals surface area contributed by atoms with Crippen molar-refractivity contribution in [2.45, 2.75) is 13.2 Å². The van der Waals surface area contributed by atoms with Gasteiger partial charge in [-0.15, -0.1) is 0 Å². The van der Waals surface area contributed by atoms with Gasteiger partial charge >= 0.3 is 0 Å². The molecule has 0 bridgehead atoms. The first kappa shape index (κ1) is 16.4.